The van der Waals surface area contributed by atoms with Crippen molar-refractivity contribution >= 4 is 33.1 Å². The molecule has 9 nitrogen and oxygen atoms in total. The Bertz CT molecular complexity index is 1470. The van der Waals surface area contributed by atoms with E-state index >= 15 is 0 Å². The number of nitrogens with zero attached hydrogens (tertiary/aromatic N) is 3. The normalized spacial score (nSPS) is 18.2. The summed E-state index contributed by atoms with van der Waals surface area (Å²) in [6.07, 6.45) is -3.94. The van der Waals surface area contributed by atoms with Gasteiger partial charge in [-0.3, -0.25) is 19.3 Å². The van der Waals surface area contributed by atoms with E-state index in [2.05, 4.69) is 14.9 Å². The Morgan fingerprint density at radius 3 is 2.08 bits per heavy atom. The van der Waals surface area contributed by atoms with Crippen molar-refractivity contribution in [1.82, 2.24) is 10.2 Å². The number of anilines is 1. The number of benzene rings is 2. The summed E-state index contributed by atoms with van der Waals surface area (Å²) in [6.45, 7) is 1.65. The van der Waals surface area contributed by atoms with Crippen LogP contribution in [0.5, 0.6) is 5.75 Å². The maximum absolute atomic E-state index is 13.5. The second-order valence-electron chi connectivity index (χ2n) is 8.27. The number of sulfone groups is 1. The lowest BCUT2D eigenvalue weighted by Gasteiger charge is -2.26. The third kappa shape index (κ3) is 5.35. The van der Waals surface area contributed by atoms with E-state index in [0.29, 0.717) is 5.69 Å². The van der Waals surface area contributed by atoms with E-state index in [1.165, 1.54) is 48.5 Å². The van der Waals surface area contributed by atoms with Crippen LogP contribution >= 0.6 is 0 Å². The molecule has 37 heavy (non-hydrogen) atoms. The van der Waals surface area contributed by atoms with Crippen molar-refractivity contribution in [3.05, 3.63) is 77.5 Å². The molecule has 3 aromatic rings. The monoisotopic (exact) mass is 533 g/mol. The van der Waals surface area contributed by atoms with E-state index in [0.717, 1.165) is 23.3 Å². The number of aryl methyl sites for hydroxylation is 1. The van der Waals surface area contributed by atoms with Gasteiger partial charge in [-0.25, -0.2) is 8.42 Å². The van der Waals surface area contributed by atoms with Gasteiger partial charge >= 0.3 is 6.36 Å². The first-order valence-corrected chi connectivity index (χ1v) is 12.5. The molecule has 2 heterocycles. The van der Waals surface area contributed by atoms with Gasteiger partial charge in [-0.15, -0.1) is 18.3 Å². The zero-order valence-electron chi connectivity index (χ0n) is 19.3. The van der Waals surface area contributed by atoms with Gasteiger partial charge in [-0.2, -0.15) is 5.10 Å². The van der Waals surface area contributed by atoms with Crippen molar-refractivity contribution in [2.24, 2.45) is 5.92 Å². The van der Waals surface area contributed by atoms with E-state index in [9.17, 15) is 36.0 Å². The fraction of sp³-hybridized carbons (Fsp3) is 0.208. The highest BCUT2D eigenvalue weighted by atomic mass is 32.2. The molecule has 0 N–H and O–H groups in total. The number of amides is 1. The van der Waals surface area contributed by atoms with Gasteiger partial charge in [0.25, 0.3) is 5.91 Å². The second-order valence-corrected chi connectivity index (χ2v) is 10.3. The Morgan fingerprint density at radius 2 is 1.57 bits per heavy atom. The number of carbonyl (C=O) groups excluding carboxylic acids is 3. The number of hydrogen-bond acceptors (Lipinski definition) is 8. The summed E-state index contributed by atoms with van der Waals surface area (Å²) in [5.74, 6) is -5.04. The molecular weight excluding hydrogens is 515 g/mol. The van der Waals surface area contributed by atoms with Crippen LogP contribution in [-0.2, 0) is 19.4 Å². The van der Waals surface area contributed by atoms with Crippen molar-refractivity contribution in [1.29, 1.82) is 0 Å². The molecular formula is C24H18F3N3O6S. The minimum atomic E-state index is -4.93. The topological polar surface area (TPSA) is 124 Å². The van der Waals surface area contributed by atoms with E-state index in [4.69, 9.17) is 0 Å². The van der Waals surface area contributed by atoms with Gasteiger partial charge in [-0.1, -0.05) is 24.3 Å². The van der Waals surface area contributed by atoms with Crippen molar-refractivity contribution in [2.45, 2.75) is 24.2 Å². The molecule has 1 aliphatic rings. The minimum absolute atomic E-state index is 0.0302. The van der Waals surface area contributed by atoms with Crippen LogP contribution in [0.25, 0.3) is 0 Å². The molecule has 1 aliphatic heterocycles. The van der Waals surface area contributed by atoms with Gasteiger partial charge in [0.2, 0.25) is 5.78 Å². The Hall–Kier alpha value is -4.13. The number of ether oxygens (including phenoxy) is 1. The number of ketones is 2. The molecule has 13 heteroatoms. The van der Waals surface area contributed by atoms with Gasteiger partial charge in [0, 0.05) is 11.8 Å². The van der Waals surface area contributed by atoms with E-state index in [1.807, 2.05) is 0 Å². The Kier molecular flexibility index (Phi) is 6.59. The zero-order valence-corrected chi connectivity index (χ0v) is 20.1. The molecule has 192 valence electrons. The Morgan fingerprint density at radius 1 is 0.946 bits per heavy atom. The maximum atomic E-state index is 13.5. The molecule has 1 saturated heterocycles. The van der Waals surface area contributed by atoms with Crippen molar-refractivity contribution < 1.29 is 40.7 Å². The molecule has 0 saturated carbocycles. The fourth-order valence-electron chi connectivity index (χ4n) is 3.95. The summed E-state index contributed by atoms with van der Waals surface area (Å²) < 4.78 is 65.2. The summed E-state index contributed by atoms with van der Waals surface area (Å²) in [7, 11) is -3.55. The van der Waals surface area contributed by atoms with Crippen molar-refractivity contribution in [2.75, 3.05) is 11.2 Å². The quantitative estimate of drug-likeness (QED) is 0.269. The number of halogens is 3. The number of hydrogen-bond donors (Lipinski definition) is 0. The number of Topliss-reactive ketones (excluding diaryl/α,β-unsaturated/α-hetero) is 2. The summed E-state index contributed by atoms with van der Waals surface area (Å²) >= 11 is 0. The first-order valence-electron chi connectivity index (χ1n) is 10.6. The molecule has 0 aliphatic carbocycles. The lowest BCUT2D eigenvalue weighted by Crippen LogP contribution is -2.31. The van der Waals surface area contributed by atoms with Gasteiger partial charge in [-0.05, 0) is 48.9 Å². The number of carbonyl (C=O) groups is 3. The molecule has 0 radical (unpaired) electrons. The summed E-state index contributed by atoms with van der Waals surface area (Å²) in [4.78, 5) is 40.6. The van der Waals surface area contributed by atoms with Crippen LogP contribution in [0.3, 0.4) is 0 Å². The van der Waals surface area contributed by atoms with Gasteiger partial charge in [0.15, 0.2) is 21.4 Å². The number of rotatable bonds is 6. The standard InChI is InChI=1S/C24H18F3N3O6S/c1-13-3-12-18(29-28-13)30-20(14-4-8-16(9-5-14)36-24(25,26)27)19(22(32)23(30)33)21(31)15-6-10-17(11-7-15)37(2,34)35/h3-12,19-20H,1-2H3. The largest absolute Gasteiger partial charge is 0.573 e. The summed E-state index contributed by atoms with van der Waals surface area (Å²) in [6, 6.07) is 11.0. The molecule has 1 amide bonds. The molecule has 2 aromatic carbocycles. The average Bonchev–Trinajstić information content (AvgIpc) is 3.08. The Balaban J connectivity index is 1.79. The molecule has 1 fully saturated rings. The molecule has 4 rings (SSSR count). The zero-order chi connectivity index (χ0) is 27.1. The highest BCUT2D eigenvalue weighted by Crippen LogP contribution is 2.41. The molecule has 1 aromatic heterocycles. The number of aromatic nitrogens is 2. The highest BCUT2D eigenvalue weighted by Gasteiger charge is 2.53. The van der Waals surface area contributed by atoms with Crippen LogP contribution in [-0.4, -0.2) is 48.7 Å². The van der Waals surface area contributed by atoms with Gasteiger partial charge < -0.3 is 4.74 Å². The number of alkyl halides is 3. The summed E-state index contributed by atoms with van der Waals surface area (Å²) in [5, 5.41) is 7.83. The van der Waals surface area contributed by atoms with E-state index in [1.54, 1.807) is 6.92 Å². The highest BCUT2D eigenvalue weighted by molar-refractivity contribution is 7.90. The first-order chi connectivity index (χ1) is 17.3. The van der Waals surface area contributed by atoms with Crippen LogP contribution in [0.1, 0.15) is 27.7 Å². The predicted octanol–water partition coefficient (Wildman–Crippen LogP) is 3.24. The van der Waals surface area contributed by atoms with Crippen molar-refractivity contribution in [3.8, 4) is 5.75 Å². The molecule has 2 unspecified atom stereocenters. The second kappa shape index (κ2) is 9.39. The smallest absolute Gasteiger partial charge is 0.406 e. The van der Waals surface area contributed by atoms with Gasteiger partial charge in [0.1, 0.15) is 11.7 Å². The van der Waals surface area contributed by atoms with Crippen molar-refractivity contribution in [3.63, 3.8) is 0 Å². The summed E-state index contributed by atoms with van der Waals surface area (Å²) in [5.41, 5.74) is 0.658. The van der Waals surface area contributed by atoms with Crippen LogP contribution in [0.4, 0.5) is 19.0 Å². The lowest BCUT2D eigenvalue weighted by atomic mass is 9.86. The average molecular weight is 533 g/mol. The van der Waals surface area contributed by atoms with E-state index < -0.39 is 51.4 Å². The lowest BCUT2D eigenvalue weighted by molar-refractivity contribution is -0.274. The molecule has 0 bridgehead atoms. The van der Waals surface area contributed by atoms with Gasteiger partial charge in [0.05, 0.1) is 16.6 Å². The fourth-order valence-corrected chi connectivity index (χ4v) is 4.58. The van der Waals surface area contributed by atoms with Crippen LogP contribution < -0.4 is 9.64 Å². The third-order valence-corrected chi connectivity index (χ3v) is 6.77. The first kappa shape index (κ1) is 25.9. The van der Waals surface area contributed by atoms with Crippen LogP contribution in [0.15, 0.2) is 65.6 Å². The van der Waals surface area contributed by atoms with Crippen LogP contribution in [0, 0.1) is 12.8 Å². The minimum Gasteiger partial charge on any atom is -0.406 e. The maximum Gasteiger partial charge on any atom is 0.573 e. The Labute approximate surface area is 208 Å². The van der Waals surface area contributed by atoms with Crippen LogP contribution in [0.2, 0.25) is 0 Å². The SMILES string of the molecule is Cc1ccc(N2C(=O)C(=O)C(C(=O)c3ccc(S(C)(=O)=O)cc3)C2c2ccc(OC(F)(F)F)cc2)nn1. The molecule has 2 atom stereocenters. The predicted molar refractivity (Wildman–Crippen MR) is 123 cm³/mol. The molecule has 0 spiro atoms. The van der Waals surface area contributed by atoms with E-state index in [-0.39, 0.29) is 21.8 Å². The third-order valence-electron chi connectivity index (χ3n) is 5.64.